The van der Waals surface area contributed by atoms with Gasteiger partial charge in [0.25, 0.3) is 0 Å². The Kier molecular flexibility index (Phi) is 3.40. The Hall–Kier alpha value is -1.94. The quantitative estimate of drug-likeness (QED) is 0.730. The average Bonchev–Trinajstić information content (AvgIpc) is 2.81. The van der Waals surface area contributed by atoms with Crippen molar-refractivity contribution in [3.63, 3.8) is 0 Å². The molecule has 1 atom stereocenters. The molecule has 1 aromatic carbocycles. The summed E-state index contributed by atoms with van der Waals surface area (Å²) in [5, 5.41) is 0.661. The fraction of sp³-hybridized carbons (Fsp3) is 0.200. The molecule has 0 amide bonds. The smallest absolute Gasteiger partial charge is 0.195 e. The van der Waals surface area contributed by atoms with Gasteiger partial charge in [0.1, 0.15) is 11.7 Å². The van der Waals surface area contributed by atoms with Crippen LogP contribution in [-0.4, -0.2) is 21.7 Å². The highest BCUT2D eigenvalue weighted by molar-refractivity contribution is 6.30. The SMILES string of the molecule is Cc1nc(-c2cccc(Cl)c2)cn1C1=NC(F)CC=C1. The van der Waals surface area contributed by atoms with Crippen LogP contribution in [0.3, 0.4) is 0 Å². The lowest BCUT2D eigenvalue weighted by Crippen LogP contribution is -2.15. The first-order valence-electron chi connectivity index (χ1n) is 6.34. The molecule has 0 spiro atoms. The summed E-state index contributed by atoms with van der Waals surface area (Å²) in [7, 11) is 0. The zero-order chi connectivity index (χ0) is 14.1. The van der Waals surface area contributed by atoms with E-state index >= 15 is 0 Å². The summed E-state index contributed by atoms with van der Waals surface area (Å²) in [5.74, 6) is 1.33. The van der Waals surface area contributed by atoms with E-state index in [-0.39, 0.29) is 0 Å². The van der Waals surface area contributed by atoms with Crippen LogP contribution in [-0.2, 0) is 0 Å². The molecule has 1 aliphatic rings. The van der Waals surface area contributed by atoms with Gasteiger partial charge in [-0.25, -0.2) is 14.4 Å². The minimum Gasteiger partial charge on any atom is -0.288 e. The summed E-state index contributed by atoms with van der Waals surface area (Å²) in [6.07, 6.45) is 4.60. The predicted molar refractivity (Wildman–Crippen MR) is 78.9 cm³/mol. The van der Waals surface area contributed by atoms with Crippen LogP contribution in [0.25, 0.3) is 11.3 Å². The third-order valence-corrected chi connectivity index (χ3v) is 3.35. The summed E-state index contributed by atoms with van der Waals surface area (Å²) in [6.45, 7) is 1.87. The van der Waals surface area contributed by atoms with E-state index in [2.05, 4.69) is 9.98 Å². The van der Waals surface area contributed by atoms with E-state index < -0.39 is 6.30 Å². The van der Waals surface area contributed by atoms with Crippen molar-refractivity contribution in [2.75, 3.05) is 0 Å². The van der Waals surface area contributed by atoms with Crippen molar-refractivity contribution in [2.45, 2.75) is 19.6 Å². The molecule has 2 aromatic rings. The Balaban J connectivity index is 2.01. The number of halogens is 2. The van der Waals surface area contributed by atoms with Gasteiger partial charge in [-0.15, -0.1) is 0 Å². The van der Waals surface area contributed by atoms with Crippen LogP contribution in [0.5, 0.6) is 0 Å². The summed E-state index contributed by atoms with van der Waals surface area (Å²) < 4.78 is 15.1. The molecule has 5 heteroatoms. The normalized spacial score (nSPS) is 18.1. The first-order valence-corrected chi connectivity index (χ1v) is 6.72. The second kappa shape index (κ2) is 5.21. The van der Waals surface area contributed by atoms with Gasteiger partial charge in [0.05, 0.1) is 5.69 Å². The van der Waals surface area contributed by atoms with Gasteiger partial charge in [0.2, 0.25) is 0 Å². The van der Waals surface area contributed by atoms with E-state index in [0.717, 1.165) is 17.1 Å². The summed E-state index contributed by atoms with van der Waals surface area (Å²) in [6, 6.07) is 7.48. The van der Waals surface area contributed by atoms with Crippen LogP contribution >= 0.6 is 11.6 Å². The van der Waals surface area contributed by atoms with Crippen LogP contribution in [0.1, 0.15) is 12.2 Å². The molecule has 0 N–H and O–H groups in total. The number of rotatable bonds is 1. The highest BCUT2D eigenvalue weighted by Gasteiger charge is 2.14. The molecule has 1 unspecified atom stereocenters. The van der Waals surface area contributed by atoms with Crippen LogP contribution in [0.15, 0.2) is 47.6 Å². The maximum atomic E-state index is 13.3. The first kappa shape index (κ1) is 13.1. The average molecular weight is 290 g/mol. The second-order valence-electron chi connectivity index (χ2n) is 4.61. The van der Waals surface area contributed by atoms with Crippen LogP contribution in [0.4, 0.5) is 4.39 Å². The minimum absolute atomic E-state index is 0.332. The number of nitrogens with zero attached hydrogens (tertiary/aromatic N) is 3. The largest absolute Gasteiger partial charge is 0.288 e. The van der Waals surface area contributed by atoms with Crippen molar-refractivity contribution < 1.29 is 4.39 Å². The molecule has 3 rings (SSSR count). The molecule has 102 valence electrons. The molecular formula is C15H13ClFN3. The lowest BCUT2D eigenvalue weighted by atomic mass is 10.2. The Morgan fingerprint density at radius 3 is 3.00 bits per heavy atom. The number of hydrogen-bond donors (Lipinski definition) is 0. The zero-order valence-electron chi connectivity index (χ0n) is 10.9. The molecule has 1 aliphatic heterocycles. The van der Waals surface area contributed by atoms with E-state index in [1.165, 1.54) is 0 Å². The Bertz CT molecular complexity index is 703. The molecule has 3 nitrogen and oxygen atoms in total. The van der Waals surface area contributed by atoms with Gasteiger partial charge in [-0.3, -0.25) is 4.57 Å². The highest BCUT2D eigenvalue weighted by atomic mass is 35.5. The number of aryl methyl sites for hydroxylation is 1. The maximum Gasteiger partial charge on any atom is 0.195 e. The number of imidazole rings is 1. The Labute approximate surface area is 121 Å². The Morgan fingerprint density at radius 1 is 1.40 bits per heavy atom. The van der Waals surface area contributed by atoms with E-state index in [1.807, 2.05) is 43.5 Å². The molecule has 0 aliphatic carbocycles. The van der Waals surface area contributed by atoms with E-state index in [0.29, 0.717) is 17.3 Å². The molecule has 1 aromatic heterocycles. The van der Waals surface area contributed by atoms with Gasteiger partial charge in [-0.1, -0.05) is 29.8 Å². The van der Waals surface area contributed by atoms with Crippen molar-refractivity contribution >= 4 is 17.4 Å². The first-order chi connectivity index (χ1) is 9.63. The Morgan fingerprint density at radius 2 is 2.25 bits per heavy atom. The number of alkyl halides is 1. The monoisotopic (exact) mass is 289 g/mol. The number of aromatic nitrogens is 2. The third kappa shape index (κ3) is 2.51. The fourth-order valence-corrected chi connectivity index (χ4v) is 2.35. The van der Waals surface area contributed by atoms with Gasteiger partial charge in [-0.05, 0) is 25.1 Å². The van der Waals surface area contributed by atoms with E-state index in [9.17, 15) is 4.39 Å². The molecule has 0 radical (unpaired) electrons. The van der Waals surface area contributed by atoms with Gasteiger partial charge in [-0.2, -0.15) is 0 Å². The van der Waals surface area contributed by atoms with Crippen LogP contribution < -0.4 is 0 Å². The zero-order valence-corrected chi connectivity index (χ0v) is 11.7. The predicted octanol–water partition coefficient (Wildman–Crippen LogP) is 4.01. The van der Waals surface area contributed by atoms with Crippen molar-refractivity contribution in [3.05, 3.63) is 53.5 Å². The van der Waals surface area contributed by atoms with Crippen LogP contribution in [0, 0.1) is 6.92 Å². The third-order valence-electron chi connectivity index (χ3n) is 3.12. The number of allylic oxidation sites excluding steroid dienone is 1. The molecule has 0 saturated carbocycles. The fourth-order valence-electron chi connectivity index (χ4n) is 2.16. The van der Waals surface area contributed by atoms with Crippen LogP contribution in [0.2, 0.25) is 5.02 Å². The standard InChI is InChI=1S/C15H13ClFN3/c1-10-18-13(11-4-2-5-12(16)8-11)9-20(10)15-7-3-6-14(17)19-15/h2-5,7-9,14H,6H2,1H3. The second-order valence-corrected chi connectivity index (χ2v) is 5.05. The lowest BCUT2D eigenvalue weighted by Gasteiger charge is -2.10. The minimum atomic E-state index is -1.17. The number of benzene rings is 1. The van der Waals surface area contributed by atoms with Crippen molar-refractivity contribution in [1.29, 1.82) is 0 Å². The van der Waals surface area contributed by atoms with Crippen molar-refractivity contribution in [2.24, 2.45) is 4.99 Å². The highest BCUT2D eigenvalue weighted by Crippen LogP contribution is 2.22. The summed E-state index contributed by atoms with van der Waals surface area (Å²) >= 11 is 5.99. The van der Waals surface area contributed by atoms with E-state index in [4.69, 9.17) is 11.6 Å². The topological polar surface area (TPSA) is 30.2 Å². The molecule has 0 bridgehead atoms. The number of dihydropyridines is 1. The van der Waals surface area contributed by atoms with Gasteiger partial charge in [0, 0.05) is 23.2 Å². The van der Waals surface area contributed by atoms with Gasteiger partial charge >= 0.3 is 0 Å². The number of aliphatic imine (C=N–C) groups is 1. The van der Waals surface area contributed by atoms with E-state index in [1.54, 1.807) is 10.6 Å². The number of hydrogen-bond acceptors (Lipinski definition) is 2. The molecule has 20 heavy (non-hydrogen) atoms. The molecule has 0 fully saturated rings. The summed E-state index contributed by atoms with van der Waals surface area (Å²) in [4.78, 5) is 8.49. The van der Waals surface area contributed by atoms with Crippen molar-refractivity contribution in [1.82, 2.24) is 9.55 Å². The van der Waals surface area contributed by atoms with Crippen molar-refractivity contribution in [3.8, 4) is 11.3 Å². The molecule has 0 saturated heterocycles. The van der Waals surface area contributed by atoms with Gasteiger partial charge in [0.15, 0.2) is 6.30 Å². The maximum absolute atomic E-state index is 13.3. The van der Waals surface area contributed by atoms with Gasteiger partial charge < -0.3 is 0 Å². The molecular weight excluding hydrogens is 277 g/mol. The summed E-state index contributed by atoms with van der Waals surface area (Å²) in [5.41, 5.74) is 1.72. The molecule has 2 heterocycles. The lowest BCUT2D eigenvalue weighted by molar-refractivity contribution is 0.347.